The monoisotopic (exact) mass is 499 g/mol. The summed E-state index contributed by atoms with van der Waals surface area (Å²) < 4.78 is 10.5. The van der Waals surface area contributed by atoms with Crippen molar-refractivity contribution in [3.63, 3.8) is 0 Å². The van der Waals surface area contributed by atoms with Gasteiger partial charge < -0.3 is 24.2 Å². The summed E-state index contributed by atoms with van der Waals surface area (Å²) in [6.45, 7) is 7.65. The van der Waals surface area contributed by atoms with E-state index in [9.17, 15) is 9.90 Å². The number of aromatic nitrogens is 3. The number of phenols is 1. The number of fused-ring (bicyclic) bond motifs is 1. The van der Waals surface area contributed by atoms with Crippen molar-refractivity contribution in [3.8, 4) is 17.0 Å². The van der Waals surface area contributed by atoms with Crippen molar-refractivity contribution in [1.82, 2.24) is 15.4 Å². The zero-order chi connectivity index (χ0) is 25.7. The number of para-hydroxylation sites is 1. The van der Waals surface area contributed by atoms with Gasteiger partial charge in [0.05, 0.1) is 18.3 Å². The number of carbonyl (C=O) groups is 1. The Kier molecular flexibility index (Phi) is 5.51. The van der Waals surface area contributed by atoms with Crippen LogP contribution in [0.1, 0.15) is 25.5 Å². The smallest absolute Gasteiger partial charge is 0.316 e. The van der Waals surface area contributed by atoms with Gasteiger partial charge in [0.25, 0.3) is 0 Å². The van der Waals surface area contributed by atoms with Gasteiger partial charge in [-0.2, -0.15) is 0 Å². The van der Waals surface area contributed by atoms with Gasteiger partial charge in [0.1, 0.15) is 11.7 Å². The Balaban J connectivity index is 1.10. The third kappa shape index (κ3) is 4.04. The number of phenolic OH excluding ortho intramolecular Hbond substituents is 1. The molecule has 1 unspecified atom stereocenters. The first kappa shape index (κ1) is 23.3. The number of methoxy groups -OCH3 is 1. The minimum Gasteiger partial charge on any atom is -0.507 e. The molecule has 2 saturated heterocycles. The van der Waals surface area contributed by atoms with Crippen LogP contribution in [0.15, 0.2) is 59.1 Å². The zero-order valence-electron chi connectivity index (χ0n) is 21.1. The van der Waals surface area contributed by atoms with Gasteiger partial charge in [-0.1, -0.05) is 37.2 Å². The van der Waals surface area contributed by atoms with E-state index in [0.29, 0.717) is 17.0 Å². The lowest BCUT2D eigenvalue weighted by Crippen LogP contribution is -2.72. The molecular formula is C28H29N5O4. The lowest BCUT2D eigenvalue weighted by Gasteiger charge is -2.61. The summed E-state index contributed by atoms with van der Waals surface area (Å²) in [4.78, 5) is 16.7. The second-order valence-electron chi connectivity index (χ2n) is 10.5. The fourth-order valence-electron chi connectivity index (χ4n) is 5.53. The van der Waals surface area contributed by atoms with Gasteiger partial charge in [0.15, 0.2) is 11.6 Å². The molecule has 0 saturated carbocycles. The van der Waals surface area contributed by atoms with Gasteiger partial charge >= 0.3 is 5.97 Å². The number of ether oxygens (including phenoxy) is 1. The summed E-state index contributed by atoms with van der Waals surface area (Å²) in [6.07, 6.45) is 0. The second kappa shape index (κ2) is 8.76. The quantitative estimate of drug-likeness (QED) is 0.390. The average molecular weight is 500 g/mol. The molecule has 2 aliphatic heterocycles. The summed E-state index contributed by atoms with van der Waals surface area (Å²) in [5, 5.41) is 24.1. The first-order valence-electron chi connectivity index (χ1n) is 12.5. The number of rotatable bonds is 6. The van der Waals surface area contributed by atoms with E-state index in [2.05, 4.69) is 43.4 Å². The van der Waals surface area contributed by atoms with Crippen LogP contribution in [-0.2, 0) is 9.53 Å². The highest BCUT2D eigenvalue weighted by atomic mass is 16.5. The number of esters is 1. The van der Waals surface area contributed by atoms with Crippen molar-refractivity contribution < 1.29 is 19.2 Å². The summed E-state index contributed by atoms with van der Waals surface area (Å²) in [7, 11) is 1.40. The van der Waals surface area contributed by atoms with E-state index in [1.54, 1.807) is 12.1 Å². The maximum Gasteiger partial charge on any atom is 0.316 e. The topological polar surface area (TPSA) is 105 Å². The summed E-state index contributed by atoms with van der Waals surface area (Å²) in [5.74, 6) is 0.817. The molecule has 1 spiro atoms. The largest absolute Gasteiger partial charge is 0.507 e. The van der Waals surface area contributed by atoms with E-state index in [0.717, 1.165) is 48.6 Å². The van der Waals surface area contributed by atoms with Crippen molar-refractivity contribution >= 4 is 28.4 Å². The van der Waals surface area contributed by atoms with Crippen LogP contribution in [0, 0.1) is 11.3 Å². The molecule has 37 heavy (non-hydrogen) atoms. The maximum absolute atomic E-state index is 12.2. The molecule has 0 aliphatic carbocycles. The lowest BCUT2D eigenvalue weighted by molar-refractivity contribution is -0.144. The molecule has 1 N–H and O–H groups in total. The molecule has 0 radical (unpaired) electrons. The fraction of sp³-hybridized carbons (Fsp3) is 0.357. The van der Waals surface area contributed by atoms with Crippen LogP contribution in [0.5, 0.6) is 5.75 Å². The SMILES string of the molecule is COC(=O)C(c1cc(N2CC3(CN(c4ccc5cc(-c6ccccc6O)nnc5c4)C3)C2)no1)C(C)C. The average Bonchev–Trinajstić information content (AvgIpc) is 3.31. The summed E-state index contributed by atoms with van der Waals surface area (Å²) >= 11 is 0. The molecule has 1 atom stereocenters. The third-order valence-corrected chi connectivity index (χ3v) is 7.49. The Morgan fingerprint density at radius 3 is 2.51 bits per heavy atom. The van der Waals surface area contributed by atoms with Crippen LogP contribution in [0.2, 0.25) is 0 Å². The molecule has 6 rings (SSSR count). The predicted octanol–water partition coefficient (Wildman–Crippen LogP) is 4.23. The maximum atomic E-state index is 12.2. The normalized spacial score (nSPS) is 17.1. The molecule has 4 heterocycles. The van der Waals surface area contributed by atoms with E-state index < -0.39 is 5.92 Å². The van der Waals surface area contributed by atoms with Crippen LogP contribution in [0.25, 0.3) is 22.2 Å². The van der Waals surface area contributed by atoms with E-state index in [1.165, 1.54) is 7.11 Å². The van der Waals surface area contributed by atoms with Crippen LogP contribution < -0.4 is 9.80 Å². The van der Waals surface area contributed by atoms with Crippen molar-refractivity contribution in [2.45, 2.75) is 19.8 Å². The number of hydrogen-bond acceptors (Lipinski definition) is 9. The molecule has 2 fully saturated rings. The Morgan fingerprint density at radius 2 is 1.78 bits per heavy atom. The number of hydrogen-bond donors (Lipinski definition) is 1. The molecule has 0 bridgehead atoms. The number of benzene rings is 2. The summed E-state index contributed by atoms with van der Waals surface area (Å²) in [6, 6.07) is 17.2. The highest BCUT2D eigenvalue weighted by Crippen LogP contribution is 2.44. The van der Waals surface area contributed by atoms with Crippen molar-refractivity contribution in [2.75, 3.05) is 43.1 Å². The van der Waals surface area contributed by atoms with E-state index >= 15 is 0 Å². The lowest BCUT2D eigenvalue weighted by atomic mass is 9.72. The van der Waals surface area contributed by atoms with Crippen LogP contribution in [0.4, 0.5) is 11.5 Å². The first-order valence-corrected chi connectivity index (χ1v) is 12.5. The zero-order valence-corrected chi connectivity index (χ0v) is 21.1. The number of carbonyl (C=O) groups excluding carboxylic acids is 1. The number of nitrogens with zero attached hydrogens (tertiary/aromatic N) is 5. The Morgan fingerprint density at radius 1 is 1.03 bits per heavy atom. The molecule has 4 aromatic rings. The summed E-state index contributed by atoms with van der Waals surface area (Å²) in [5.41, 5.74) is 3.51. The molecule has 2 aliphatic rings. The number of anilines is 2. The fourth-order valence-corrected chi connectivity index (χ4v) is 5.53. The van der Waals surface area contributed by atoms with E-state index in [4.69, 9.17) is 9.26 Å². The molecule has 9 nitrogen and oxygen atoms in total. The molecule has 2 aromatic carbocycles. The van der Waals surface area contributed by atoms with Crippen molar-refractivity contribution in [3.05, 3.63) is 60.4 Å². The van der Waals surface area contributed by atoms with Crippen LogP contribution >= 0.6 is 0 Å². The third-order valence-electron chi connectivity index (χ3n) is 7.49. The van der Waals surface area contributed by atoms with E-state index in [1.807, 2.05) is 38.1 Å². The van der Waals surface area contributed by atoms with Gasteiger partial charge in [-0.05, 0) is 36.2 Å². The van der Waals surface area contributed by atoms with Crippen molar-refractivity contribution in [1.29, 1.82) is 0 Å². The second-order valence-corrected chi connectivity index (χ2v) is 10.5. The van der Waals surface area contributed by atoms with E-state index in [-0.39, 0.29) is 23.1 Å². The van der Waals surface area contributed by atoms with Crippen LogP contribution in [-0.4, -0.2) is 59.7 Å². The highest BCUT2D eigenvalue weighted by Gasteiger charge is 2.52. The standard InChI is InChI=1S/C28H29N5O4/c1-17(2)26(27(35)36-3)24-12-25(31-37-24)33-15-28(16-33)13-32(14-28)19-9-8-18-10-22(30-29-21(18)11-19)20-6-4-5-7-23(20)34/h4-12,17,26,34H,13-16H2,1-3H3. The van der Waals surface area contributed by atoms with Gasteiger partial charge in [0, 0.05) is 54.3 Å². The minimum atomic E-state index is -0.453. The highest BCUT2D eigenvalue weighted by molar-refractivity contribution is 5.86. The molecule has 2 aromatic heterocycles. The van der Waals surface area contributed by atoms with Gasteiger partial charge in [-0.3, -0.25) is 4.79 Å². The predicted molar refractivity (Wildman–Crippen MR) is 140 cm³/mol. The Hall–Kier alpha value is -4.14. The van der Waals surface area contributed by atoms with Crippen LogP contribution in [0.3, 0.4) is 0 Å². The molecule has 9 heteroatoms. The molecule has 190 valence electrons. The van der Waals surface area contributed by atoms with Crippen molar-refractivity contribution in [2.24, 2.45) is 11.3 Å². The Bertz CT molecular complexity index is 1470. The van der Waals surface area contributed by atoms with Gasteiger partial charge in [0.2, 0.25) is 0 Å². The number of aromatic hydroxyl groups is 1. The Labute approximate surface area is 214 Å². The van der Waals surface area contributed by atoms with Gasteiger partial charge in [-0.15, -0.1) is 10.2 Å². The van der Waals surface area contributed by atoms with Gasteiger partial charge in [-0.25, -0.2) is 0 Å². The molecular weight excluding hydrogens is 470 g/mol. The molecule has 0 amide bonds. The first-order chi connectivity index (χ1) is 17.9. The minimum absolute atomic E-state index is 0.0555.